The van der Waals surface area contributed by atoms with E-state index in [1.54, 1.807) is 0 Å². The summed E-state index contributed by atoms with van der Waals surface area (Å²) in [5, 5.41) is 9.61. The van der Waals surface area contributed by atoms with E-state index in [1.807, 2.05) is 13.1 Å². The lowest BCUT2D eigenvalue weighted by molar-refractivity contribution is 0.114. The maximum absolute atomic E-state index is 9.61. The lowest BCUT2D eigenvalue weighted by Gasteiger charge is -2.32. The lowest BCUT2D eigenvalue weighted by Crippen LogP contribution is -2.48. The Bertz CT molecular complexity index is 379. The first-order valence-corrected chi connectivity index (χ1v) is 7.06. The van der Waals surface area contributed by atoms with E-state index in [2.05, 4.69) is 43.9 Å². The molecule has 3 heteroatoms. The molecule has 0 aliphatic rings. The van der Waals surface area contributed by atoms with Crippen LogP contribution in [0, 0.1) is 12.8 Å². The Morgan fingerprint density at radius 3 is 2.42 bits per heavy atom. The molecule has 19 heavy (non-hydrogen) atoms. The van der Waals surface area contributed by atoms with E-state index < -0.39 is 0 Å². The summed E-state index contributed by atoms with van der Waals surface area (Å²) in [6, 6.07) is 8.38. The number of nitrogens with two attached hydrogens (primary N) is 1. The summed E-state index contributed by atoms with van der Waals surface area (Å²) in [6.45, 7) is 7.37. The summed E-state index contributed by atoms with van der Waals surface area (Å²) in [7, 11) is 2.04. The molecular weight excluding hydrogens is 236 g/mol. The van der Waals surface area contributed by atoms with E-state index in [0.717, 1.165) is 13.0 Å². The molecule has 0 heterocycles. The molecule has 1 aromatic rings. The number of likely N-dealkylation sites (N-methyl/N-ethyl adjacent to an activating group) is 1. The average molecular weight is 264 g/mol. The molecule has 108 valence electrons. The molecule has 0 saturated carbocycles. The van der Waals surface area contributed by atoms with Gasteiger partial charge in [0.05, 0.1) is 6.61 Å². The van der Waals surface area contributed by atoms with Gasteiger partial charge < -0.3 is 10.8 Å². The van der Waals surface area contributed by atoms with Crippen LogP contribution in [0.3, 0.4) is 0 Å². The highest BCUT2D eigenvalue weighted by Gasteiger charge is 2.22. The van der Waals surface area contributed by atoms with Crippen LogP contribution in [0.2, 0.25) is 0 Å². The molecule has 3 N–H and O–H groups in total. The number of nitrogens with zero attached hydrogens (tertiary/aromatic N) is 1. The van der Waals surface area contributed by atoms with Crippen molar-refractivity contribution >= 4 is 0 Å². The Morgan fingerprint density at radius 2 is 1.89 bits per heavy atom. The van der Waals surface area contributed by atoms with Crippen LogP contribution in [0.5, 0.6) is 0 Å². The van der Waals surface area contributed by atoms with Crippen LogP contribution < -0.4 is 5.73 Å². The Morgan fingerprint density at radius 1 is 1.26 bits per heavy atom. The number of aryl methyl sites for hydroxylation is 1. The van der Waals surface area contributed by atoms with E-state index in [9.17, 15) is 5.11 Å². The predicted molar refractivity (Wildman–Crippen MR) is 81.0 cm³/mol. The first kappa shape index (κ1) is 16.2. The van der Waals surface area contributed by atoms with Gasteiger partial charge in [0, 0.05) is 18.6 Å². The molecule has 0 aliphatic heterocycles. The predicted octanol–water partition coefficient (Wildman–Crippen LogP) is 2.16. The van der Waals surface area contributed by atoms with Gasteiger partial charge in [0.15, 0.2) is 0 Å². The van der Waals surface area contributed by atoms with Gasteiger partial charge in [-0.25, -0.2) is 0 Å². The highest BCUT2D eigenvalue weighted by atomic mass is 16.3. The molecular formula is C16H28N2O. The van der Waals surface area contributed by atoms with Gasteiger partial charge in [-0.2, -0.15) is 0 Å². The van der Waals surface area contributed by atoms with Crippen molar-refractivity contribution in [3.05, 3.63) is 35.4 Å². The number of aliphatic hydroxyl groups excluding tert-OH is 1. The third kappa shape index (κ3) is 4.94. The quantitative estimate of drug-likeness (QED) is 0.793. The van der Waals surface area contributed by atoms with E-state index in [0.29, 0.717) is 5.92 Å². The summed E-state index contributed by atoms with van der Waals surface area (Å²) in [5.74, 6) is 0.552. The minimum Gasteiger partial charge on any atom is -0.395 e. The van der Waals surface area contributed by atoms with Gasteiger partial charge in [-0.3, -0.25) is 4.90 Å². The molecule has 0 fully saturated rings. The van der Waals surface area contributed by atoms with Crippen LogP contribution in [0.4, 0.5) is 0 Å². The summed E-state index contributed by atoms with van der Waals surface area (Å²) in [5.41, 5.74) is 8.79. The number of rotatable bonds is 7. The van der Waals surface area contributed by atoms with Crippen LogP contribution in [0.25, 0.3) is 0 Å². The van der Waals surface area contributed by atoms with Gasteiger partial charge in [0.1, 0.15) is 0 Å². The van der Waals surface area contributed by atoms with Gasteiger partial charge in [-0.05, 0) is 37.4 Å². The zero-order valence-electron chi connectivity index (χ0n) is 12.6. The fraction of sp³-hybridized carbons (Fsp3) is 0.625. The second-order valence-corrected chi connectivity index (χ2v) is 5.88. The molecule has 0 radical (unpaired) electrons. The van der Waals surface area contributed by atoms with Crippen molar-refractivity contribution in [2.45, 2.75) is 45.8 Å². The zero-order chi connectivity index (χ0) is 14.4. The molecule has 0 spiro atoms. The molecule has 3 nitrogen and oxygen atoms in total. The highest BCUT2D eigenvalue weighted by Crippen LogP contribution is 2.15. The number of hydrogen-bond acceptors (Lipinski definition) is 3. The fourth-order valence-corrected chi connectivity index (χ4v) is 2.48. The van der Waals surface area contributed by atoms with Gasteiger partial charge in [0.2, 0.25) is 0 Å². The van der Waals surface area contributed by atoms with Crippen molar-refractivity contribution < 1.29 is 5.11 Å². The number of benzene rings is 1. The van der Waals surface area contributed by atoms with Crippen molar-refractivity contribution in [3.63, 3.8) is 0 Å². The fourth-order valence-electron chi connectivity index (χ4n) is 2.48. The highest BCUT2D eigenvalue weighted by molar-refractivity contribution is 5.25. The van der Waals surface area contributed by atoms with Crippen LogP contribution in [-0.2, 0) is 6.54 Å². The summed E-state index contributed by atoms with van der Waals surface area (Å²) < 4.78 is 0. The first-order chi connectivity index (χ1) is 8.95. The molecule has 0 saturated heterocycles. The van der Waals surface area contributed by atoms with E-state index in [4.69, 9.17) is 5.73 Å². The van der Waals surface area contributed by atoms with E-state index in [-0.39, 0.29) is 18.7 Å². The van der Waals surface area contributed by atoms with Crippen molar-refractivity contribution in [2.75, 3.05) is 13.7 Å². The monoisotopic (exact) mass is 264 g/mol. The summed E-state index contributed by atoms with van der Waals surface area (Å²) in [6.07, 6.45) is 0.934. The second kappa shape index (κ2) is 7.63. The molecule has 2 unspecified atom stereocenters. The van der Waals surface area contributed by atoms with E-state index in [1.165, 1.54) is 11.1 Å². The van der Waals surface area contributed by atoms with Crippen LogP contribution in [0.1, 0.15) is 31.4 Å². The Labute approximate surface area is 117 Å². The minimum atomic E-state index is 0.0130. The molecule has 0 aromatic heterocycles. The maximum atomic E-state index is 9.61. The molecule has 0 bridgehead atoms. The van der Waals surface area contributed by atoms with Crippen LogP contribution >= 0.6 is 0 Å². The van der Waals surface area contributed by atoms with Crippen molar-refractivity contribution in [1.82, 2.24) is 4.90 Å². The maximum Gasteiger partial charge on any atom is 0.0601 e. The van der Waals surface area contributed by atoms with Crippen LogP contribution in [0.15, 0.2) is 24.3 Å². The average Bonchev–Trinajstić information content (AvgIpc) is 2.32. The van der Waals surface area contributed by atoms with Crippen molar-refractivity contribution in [2.24, 2.45) is 11.7 Å². The molecule has 2 atom stereocenters. The standard InChI is InChI=1S/C16H28N2O/c1-12(2)9-15(17)16(11-19)18(4)10-14-8-6-5-7-13(14)3/h5-8,12,15-16,19H,9-11,17H2,1-4H3. The first-order valence-electron chi connectivity index (χ1n) is 7.06. The Kier molecular flexibility index (Phi) is 6.49. The Balaban J connectivity index is 2.69. The molecule has 0 aliphatic carbocycles. The third-order valence-electron chi connectivity index (χ3n) is 3.67. The lowest BCUT2D eigenvalue weighted by atomic mass is 9.97. The van der Waals surface area contributed by atoms with Crippen molar-refractivity contribution in [3.8, 4) is 0 Å². The van der Waals surface area contributed by atoms with Gasteiger partial charge >= 0.3 is 0 Å². The minimum absolute atomic E-state index is 0.0130. The van der Waals surface area contributed by atoms with Gasteiger partial charge in [0.25, 0.3) is 0 Å². The SMILES string of the molecule is Cc1ccccc1CN(C)C(CO)C(N)CC(C)C. The molecule has 1 aromatic carbocycles. The smallest absolute Gasteiger partial charge is 0.0601 e. The zero-order valence-corrected chi connectivity index (χ0v) is 12.6. The largest absolute Gasteiger partial charge is 0.395 e. The third-order valence-corrected chi connectivity index (χ3v) is 3.67. The normalized spacial score (nSPS) is 14.9. The number of aliphatic hydroxyl groups is 1. The molecule has 1 rings (SSSR count). The van der Waals surface area contributed by atoms with Gasteiger partial charge in [-0.1, -0.05) is 38.1 Å². The number of hydrogen-bond donors (Lipinski definition) is 2. The van der Waals surface area contributed by atoms with Crippen LogP contribution in [-0.4, -0.2) is 35.7 Å². The van der Waals surface area contributed by atoms with Crippen molar-refractivity contribution in [1.29, 1.82) is 0 Å². The van der Waals surface area contributed by atoms with Gasteiger partial charge in [-0.15, -0.1) is 0 Å². The second-order valence-electron chi connectivity index (χ2n) is 5.88. The topological polar surface area (TPSA) is 49.5 Å². The molecule has 0 amide bonds. The Hall–Kier alpha value is -0.900. The summed E-state index contributed by atoms with van der Waals surface area (Å²) in [4.78, 5) is 2.16. The van der Waals surface area contributed by atoms with E-state index >= 15 is 0 Å². The summed E-state index contributed by atoms with van der Waals surface area (Å²) >= 11 is 0.